The summed E-state index contributed by atoms with van der Waals surface area (Å²) in [4.78, 5) is 22.8. The van der Waals surface area contributed by atoms with Crippen molar-refractivity contribution in [3.63, 3.8) is 0 Å². The first-order valence-corrected chi connectivity index (χ1v) is 5.92. The predicted octanol–water partition coefficient (Wildman–Crippen LogP) is 2.71. The maximum absolute atomic E-state index is 11.8. The van der Waals surface area contributed by atoms with Crippen molar-refractivity contribution in [3.05, 3.63) is 0 Å². The van der Waals surface area contributed by atoms with Gasteiger partial charge in [0.1, 0.15) is 0 Å². The lowest BCUT2D eigenvalue weighted by molar-refractivity contribution is -0.191. The number of halogens is 3. The van der Waals surface area contributed by atoms with Crippen LogP contribution >= 0.6 is 0 Å². The van der Waals surface area contributed by atoms with Crippen LogP contribution in [0, 0.1) is 11.3 Å². The Morgan fingerprint density at radius 1 is 1.16 bits per heavy atom. The van der Waals surface area contributed by atoms with Gasteiger partial charge < -0.3 is 9.47 Å². The molecule has 0 fully saturated rings. The van der Waals surface area contributed by atoms with Gasteiger partial charge >= 0.3 is 18.1 Å². The average Bonchev–Trinajstić information content (AvgIpc) is 2.30. The summed E-state index contributed by atoms with van der Waals surface area (Å²) in [5.41, 5.74) is -0.774. The monoisotopic (exact) mass is 284 g/mol. The molecule has 0 N–H and O–H groups in total. The first kappa shape index (κ1) is 17.7. The standard InChI is InChI=1S/C12H19F3O4/c1-5-11(4,8(2)3)10(17)18-6-9(16)19-7-12(13,14)15/h8H,5-7H2,1-4H3. The summed E-state index contributed by atoms with van der Waals surface area (Å²) in [5, 5.41) is 0. The second kappa shape index (κ2) is 6.77. The maximum Gasteiger partial charge on any atom is 0.422 e. The van der Waals surface area contributed by atoms with Gasteiger partial charge in [0.05, 0.1) is 5.41 Å². The average molecular weight is 284 g/mol. The molecular weight excluding hydrogens is 265 g/mol. The van der Waals surface area contributed by atoms with Crippen LogP contribution in [-0.4, -0.2) is 31.3 Å². The molecule has 0 spiro atoms. The van der Waals surface area contributed by atoms with Gasteiger partial charge in [-0.25, -0.2) is 4.79 Å². The van der Waals surface area contributed by atoms with Crippen molar-refractivity contribution in [2.45, 2.75) is 40.3 Å². The van der Waals surface area contributed by atoms with E-state index >= 15 is 0 Å². The van der Waals surface area contributed by atoms with Crippen molar-refractivity contribution in [2.75, 3.05) is 13.2 Å². The SMILES string of the molecule is CCC(C)(C(=O)OCC(=O)OCC(F)(F)F)C(C)C. The summed E-state index contributed by atoms with van der Waals surface area (Å²) in [5.74, 6) is -1.85. The number of alkyl halides is 3. The Morgan fingerprint density at radius 3 is 2.05 bits per heavy atom. The lowest BCUT2D eigenvalue weighted by Gasteiger charge is -2.29. The van der Waals surface area contributed by atoms with E-state index in [2.05, 4.69) is 4.74 Å². The summed E-state index contributed by atoms with van der Waals surface area (Å²) in [6.45, 7) is 4.64. The fraction of sp³-hybridized carbons (Fsp3) is 0.833. The van der Waals surface area contributed by atoms with E-state index in [4.69, 9.17) is 4.74 Å². The van der Waals surface area contributed by atoms with Crippen molar-refractivity contribution in [2.24, 2.45) is 11.3 Å². The lowest BCUT2D eigenvalue weighted by atomic mass is 9.77. The van der Waals surface area contributed by atoms with Crippen LogP contribution in [-0.2, 0) is 19.1 Å². The predicted molar refractivity (Wildman–Crippen MR) is 61.2 cm³/mol. The van der Waals surface area contributed by atoms with Gasteiger partial charge in [0.2, 0.25) is 0 Å². The Morgan fingerprint density at radius 2 is 1.68 bits per heavy atom. The summed E-state index contributed by atoms with van der Waals surface area (Å²) >= 11 is 0. The highest BCUT2D eigenvalue weighted by Gasteiger charge is 2.37. The minimum atomic E-state index is -4.59. The smallest absolute Gasteiger partial charge is 0.422 e. The fourth-order valence-electron chi connectivity index (χ4n) is 1.28. The molecule has 0 aliphatic rings. The fourth-order valence-corrected chi connectivity index (χ4v) is 1.28. The van der Waals surface area contributed by atoms with Gasteiger partial charge in [-0.2, -0.15) is 13.2 Å². The third-order valence-corrected chi connectivity index (χ3v) is 3.19. The number of hydrogen-bond acceptors (Lipinski definition) is 4. The Hall–Kier alpha value is -1.27. The van der Waals surface area contributed by atoms with Gasteiger partial charge in [0.15, 0.2) is 13.2 Å². The van der Waals surface area contributed by atoms with E-state index in [0.29, 0.717) is 6.42 Å². The number of esters is 2. The van der Waals surface area contributed by atoms with E-state index in [1.165, 1.54) is 0 Å². The molecule has 0 saturated heterocycles. The zero-order chi connectivity index (χ0) is 15.3. The molecule has 0 heterocycles. The minimum Gasteiger partial charge on any atom is -0.454 e. The molecule has 0 aromatic heterocycles. The maximum atomic E-state index is 11.8. The van der Waals surface area contributed by atoms with Crippen LogP contribution in [0.15, 0.2) is 0 Å². The van der Waals surface area contributed by atoms with Crippen LogP contribution in [0.2, 0.25) is 0 Å². The summed E-state index contributed by atoms with van der Waals surface area (Å²) < 4.78 is 44.0. The highest BCUT2D eigenvalue weighted by Crippen LogP contribution is 2.32. The van der Waals surface area contributed by atoms with Gasteiger partial charge in [-0.3, -0.25) is 4.79 Å². The molecule has 0 amide bonds. The van der Waals surface area contributed by atoms with E-state index < -0.39 is 36.7 Å². The number of carbonyl (C=O) groups excluding carboxylic acids is 2. The Labute approximate surface area is 110 Å². The molecule has 4 nitrogen and oxygen atoms in total. The summed E-state index contributed by atoms with van der Waals surface area (Å²) in [6.07, 6.45) is -4.09. The molecule has 0 aliphatic heterocycles. The van der Waals surface area contributed by atoms with E-state index in [0.717, 1.165) is 0 Å². The van der Waals surface area contributed by atoms with Crippen LogP contribution in [0.25, 0.3) is 0 Å². The second-order valence-corrected chi connectivity index (χ2v) is 4.78. The van der Waals surface area contributed by atoms with Gasteiger partial charge in [-0.05, 0) is 19.3 Å². The molecule has 1 unspecified atom stereocenters. The molecule has 0 radical (unpaired) electrons. The van der Waals surface area contributed by atoms with Crippen molar-refractivity contribution in [1.82, 2.24) is 0 Å². The second-order valence-electron chi connectivity index (χ2n) is 4.78. The van der Waals surface area contributed by atoms with Gasteiger partial charge in [0.25, 0.3) is 0 Å². The third-order valence-electron chi connectivity index (χ3n) is 3.19. The van der Waals surface area contributed by atoms with Gasteiger partial charge in [-0.15, -0.1) is 0 Å². The molecule has 1 atom stereocenters. The first-order valence-electron chi connectivity index (χ1n) is 5.92. The molecule has 0 bridgehead atoms. The van der Waals surface area contributed by atoms with Crippen molar-refractivity contribution < 1.29 is 32.2 Å². The number of rotatable bonds is 6. The lowest BCUT2D eigenvalue weighted by Crippen LogP contribution is -2.36. The Kier molecular flexibility index (Phi) is 6.32. The highest BCUT2D eigenvalue weighted by molar-refractivity contribution is 5.80. The molecule has 7 heteroatoms. The van der Waals surface area contributed by atoms with Crippen molar-refractivity contribution in [3.8, 4) is 0 Å². The molecular formula is C12H19F3O4. The van der Waals surface area contributed by atoms with Crippen LogP contribution < -0.4 is 0 Å². The normalized spacial score (nSPS) is 14.9. The van der Waals surface area contributed by atoms with Gasteiger partial charge in [-0.1, -0.05) is 20.8 Å². The number of hydrogen-bond donors (Lipinski definition) is 0. The van der Waals surface area contributed by atoms with Crippen LogP contribution in [0.5, 0.6) is 0 Å². The van der Waals surface area contributed by atoms with E-state index in [9.17, 15) is 22.8 Å². The Balaban J connectivity index is 4.26. The molecule has 112 valence electrons. The minimum absolute atomic E-state index is 0.0174. The molecule has 0 aliphatic carbocycles. The molecule has 0 saturated carbocycles. The zero-order valence-electron chi connectivity index (χ0n) is 11.5. The number of ether oxygens (including phenoxy) is 2. The molecule has 19 heavy (non-hydrogen) atoms. The number of carbonyl (C=O) groups is 2. The molecule has 0 aromatic carbocycles. The van der Waals surface area contributed by atoms with Crippen LogP contribution in [0.4, 0.5) is 13.2 Å². The topological polar surface area (TPSA) is 52.6 Å². The van der Waals surface area contributed by atoms with Crippen molar-refractivity contribution in [1.29, 1.82) is 0 Å². The van der Waals surface area contributed by atoms with E-state index in [-0.39, 0.29) is 5.92 Å². The molecule has 0 rings (SSSR count). The van der Waals surface area contributed by atoms with Crippen LogP contribution in [0.1, 0.15) is 34.1 Å². The summed E-state index contributed by atoms with van der Waals surface area (Å²) in [7, 11) is 0. The van der Waals surface area contributed by atoms with Gasteiger partial charge in [0, 0.05) is 0 Å². The zero-order valence-corrected chi connectivity index (χ0v) is 11.5. The van der Waals surface area contributed by atoms with E-state index in [1.807, 2.05) is 13.8 Å². The quantitative estimate of drug-likeness (QED) is 0.704. The summed E-state index contributed by atoms with van der Waals surface area (Å²) in [6, 6.07) is 0. The van der Waals surface area contributed by atoms with E-state index in [1.54, 1.807) is 13.8 Å². The third kappa shape index (κ3) is 5.94. The highest BCUT2D eigenvalue weighted by atomic mass is 19.4. The first-order chi connectivity index (χ1) is 8.53. The van der Waals surface area contributed by atoms with Crippen LogP contribution in [0.3, 0.4) is 0 Å². The largest absolute Gasteiger partial charge is 0.454 e. The molecule has 0 aromatic rings. The van der Waals surface area contributed by atoms with Crippen molar-refractivity contribution >= 4 is 11.9 Å². The Bertz CT molecular complexity index is 325.